The Hall–Kier alpha value is -1.39. The Balaban J connectivity index is 1.36. The number of carbonyl (C=O) groups excluding carboxylic acids is 1. The Morgan fingerprint density at radius 3 is 2.38 bits per heavy atom. The maximum Gasteiger partial charge on any atom is 0.222 e. The molecule has 0 aromatic heterocycles. The molecule has 0 unspecified atom stereocenters. The fourth-order valence-corrected chi connectivity index (χ4v) is 5.17. The van der Waals surface area contributed by atoms with Crippen molar-refractivity contribution in [3.8, 4) is 0 Å². The molecule has 0 radical (unpaired) electrons. The van der Waals surface area contributed by atoms with Gasteiger partial charge < -0.3 is 14.7 Å². The molecule has 3 aliphatic rings. The molecule has 3 aliphatic heterocycles. The summed E-state index contributed by atoms with van der Waals surface area (Å²) >= 11 is 0. The van der Waals surface area contributed by atoms with Gasteiger partial charge in [0.25, 0.3) is 0 Å². The number of hydrogen-bond donors (Lipinski definition) is 0. The number of nitrogens with zero attached hydrogens (tertiary/aromatic N) is 3. The van der Waals surface area contributed by atoms with E-state index in [2.05, 4.69) is 39.0 Å². The highest BCUT2D eigenvalue weighted by Crippen LogP contribution is 2.39. The van der Waals surface area contributed by atoms with Crippen molar-refractivity contribution in [3.05, 3.63) is 35.9 Å². The molecular weight excluding hydrogens is 322 g/mol. The zero-order valence-corrected chi connectivity index (χ0v) is 16.0. The van der Waals surface area contributed by atoms with Crippen molar-refractivity contribution in [1.29, 1.82) is 0 Å². The minimum absolute atomic E-state index is 0.325. The van der Waals surface area contributed by atoms with Crippen LogP contribution in [0.1, 0.15) is 44.1 Å². The van der Waals surface area contributed by atoms with E-state index < -0.39 is 0 Å². The van der Waals surface area contributed by atoms with E-state index in [4.69, 9.17) is 0 Å². The normalized spacial score (nSPS) is 28.2. The second kappa shape index (κ2) is 8.10. The maximum atomic E-state index is 12.5. The molecule has 1 spiro atoms. The lowest BCUT2D eigenvalue weighted by Gasteiger charge is -2.48. The fourth-order valence-electron chi connectivity index (χ4n) is 5.17. The number of carbonyl (C=O) groups is 1. The number of benzene rings is 1. The fraction of sp³-hybridized carbons (Fsp3) is 0.682. The van der Waals surface area contributed by atoms with E-state index in [-0.39, 0.29) is 0 Å². The van der Waals surface area contributed by atoms with Gasteiger partial charge in [0.1, 0.15) is 0 Å². The third-order valence-electron chi connectivity index (χ3n) is 6.64. The van der Waals surface area contributed by atoms with Gasteiger partial charge in [0, 0.05) is 44.6 Å². The van der Waals surface area contributed by atoms with E-state index in [9.17, 15) is 4.79 Å². The number of amides is 1. The summed E-state index contributed by atoms with van der Waals surface area (Å²) in [7, 11) is 0. The lowest BCUT2D eigenvalue weighted by Crippen LogP contribution is -2.54. The summed E-state index contributed by atoms with van der Waals surface area (Å²) < 4.78 is 0. The monoisotopic (exact) mass is 355 g/mol. The Morgan fingerprint density at radius 2 is 1.58 bits per heavy atom. The first kappa shape index (κ1) is 18.0. The first-order valence-corrected chi connectivity index (χ1v) is 10.5. The lowest BCUT2D eigenvalue weighted by molar-refractivity contribution is -0.140. The first-order chi connectivity index (χ1) is 12.7. The minimum Gasteiger partial charge on any atom is -0.338 e. The van der Waals surface area contributed by atoms with E-state index in [1.165, 1.54) is 70.5 Å². The largest absolute Gasteiger partial charge is 0.338 e. The van der Waals surface area contributed by atoms with Gasteiger partial charge in [-0.25, -0.2) is 0 Å². The van der Waals surface area contributed by atoms with E-state index in [1.54, 1.807) is 0 Å². The molecule has 4 nitrogen and oxygen atoms in total. The number of hydrogen-bond acceptors (Lipinski definition) is 3. The van der Waals surface area contributed by atoms with E-state index in [1.807, 2.05) is 6.07 Å². The van der Waals surface area contributed by atoms with Crippen molar-refractivity contribution < 1.29 is 4.79 Å². The molecule has 1 atom stereocenters. The average Bonchev–Trinajstić information content (AvgIpc) is 3.18. The molecule has 4 rings (SSSR count). The number of likely N-dealkylation sites (tertiary alicyclic amines) is 3. The number of rotatable bonds is 5. The van der Waals surface area contributed by atoms with Gasteiger partial charge in [0.2, 0.25) is 5.91 Å². The van der Waals surface area contributed by atoms with Crippen LogP contribution < -0.4 is 0 Å². The van der Waals surface area contributed by atoms with Crippen LogP contribution in [0.2, 0.25) is 0 Å². The predicted octanol–water partition coefficient (Wildman–Crippen LogP) is 2.99. The second-order valence-corrected chi connectivity index (χ2v) is 8.66. The molecule has 26 heavy (non-hydrogen) atoms. The Kier molecular flexibility index (Phi) is 5.60. The summed E-state index contributed by atoms with van der Waals surface area (Å²) in [5.41, 5.74) is 1.57. The molecule has 142 valence electrons. The molecule has 0 aliphatic carbocycles. The summed E-state index contributed by atoms with van der Waals surface area (Å²) in [5.74, 6) is 0.341. The zero-order chi connectivity index (χ0) is 17.8. The summed E-state index contributed by atoms with van der Waals surface area (Å²) in [5, 5.41) is 0. The van der Waals surface area contributed by atoms with Gasteiger partial charge in [-0.15, -0.1) is 0 Å². The summed E-state index contributed by atoms with van der Waals surface area (Å²) in [6.07, 6.45) is 7.13. The highest BCUT2D eigenvalue weighted by atomic mass is 16.2. The third kappa shape index (κ3) is 4.29. The highest BCUT2D eigenvalue weighted by Gasteiger charge is 2.41. The smallest absolute Gasteiger partial charge is 0.222 e. The van der Waals surface area contributed by atoms with E-state index in [0.29, 0.717) is 11.3 Å². The van der Waals surface area contributed by atoms with Crippen molar-refractivity contribution in [1.82, 2.24) is 14.7 Å². The lowest BCUT2D eigenvalue weighted by atomic mass is 9.73. The van der Waals surface area contributed by atoms with Crippen LogP contribution in [-0.2, 0) is 11.3 Å². The second-order valence-electron chi connectivity index (χ2n) is 8.66. The number of piperidine rings is 2. The maximum absolute atomic E-state index is 12.5. The molecule has 3 fully saturated rings. The van der Waals surface area contributed by atoms with Crippen LogP contribution in [0.5, 0.6) is 0 Å². The molecule has 3 heterocycles. The molecule has 0 bridgehead atoms. The van der Waals surface area contributed by atoms with Gasteiger partial charge in [-0.1, -0.05) is 30.3 Å². The van der Waals surface area contributed by atoms with Gasteiger partial charge in [0.05, 0.1) is 0 Å². The van der Waals surface area contributed by atoms with Crippen LogP contribution in [0.25, 0.3) is 0 Å². The van der Waals surface area contributed by atoms with Crippen molar-refractivity contribution >= 4 is 5.91 Å². The molecule has 1 aromatic rings. The van der Waals surface area contributed by atoms with Gasteiger partial charge in [0.15, 0.2) is 0 Å². The topological polar surface area (TPSA) is 26.8 Å². The van der Waals surface area contributed by atoms with E-state index >= 15 is 0 Å². The summed E-state index contributed by atoms with van der Waals surface area (Å²) in [6, 6.07) is 10.5. The molecule has 3 saturated heterocycles. The van der Waals surface area contributed by atoms with Gasteiger partial charge in [-0.05, 0) is 57.3 Å². The summed E-state index contributed by atoms with van der Waals surface area (Å²) in [4.78, 5) is 19.9. The van der Waals surface area contributed by atoms with Crippen LogP contribution in [0, 0.1) is 5.41 Å². The predicted molar refractivity (Wildman–Crippen MR) is 105 cm³/mol. The Bertz CT molecular complexity index is 599. The molecule has 1 amide bonds. The molecule has 4 heteroatoms. The van der Waals surface area contributed by atoms with Crippen LogP contribution in [0.15, 0.2) is 30.3 Å². The van der Waals surface area contributed by atoms with E-state index in [0.717, 1.165) is 25.9 Å². The van der Waals surface area contributed by atoms with Gasteiger partial charge in [-0.3, -0.25) is 4.79 Å². The standard InChI is InChI=1S/C22H33N3O/c26-21-9-11-22(19-25(21)17-20-7-2-1-3-8-20)10-6-14-24(18-22)16-15-23-12-4-5-13-23/h1-3,7-8H,4-6,9-19H2/t22-/m1/s1. The van der Waals surface area contributed by atoms with Crippen LogP contribution in [0.3, 0.4) is 0 Å². The van der Waals surface area contributed by atoms with Gasteiger partial charge in [-0.2, -0.15) is 0 Å². The van der Waals surface area contributed by atoms with Crippen LogP contribution >= 0.6 is 0 Å². The Morgan fingerprint density at radius 1 is 0.846 bits per heavy atom. The van der Waals surface area contributed by atoms with Crippen molar-refractivity contribution in [2.24, 2.45) is 5.41 Å². The Labute approximate surface area is 158 Å². The molecule has 0 saturated carbocycles. The third-order valence-corrected chi connectivity index (χ3v) is 6.64. The minimum atomic E-state index is 0.325. The zero-order valence-electron chi connectivity index (χ0n) is 16.0. The average molecular weight is 356 g/mol. The quantitative estimate of drug-likeness (QED) is 0.812. The molecule has 1 aromatic carbocycles. The van der Waals surface area contributed by atoms with Crippen molar-refractivity contribution in [2.75, 3.05) is 45.8 Å². The summed E-state index contributed by atoms with van der Waals surface area (Å²) in [6.45, 7) is 9.14. The molecular formula is C22H33N3O. The first-order valence-electron chi connectivity index (χ1n) is 10.5. The molecule has 0 N–H and O–H groups in total. The van der Waals surface area contributed by atoms with Crippen LogP contribution in [-0.4, -0.2) is 66.4 Å². The highest BCUT2D eigenvalue weighted by molar-refractivity contribution is 5.77. The van der Waals surface area contributed by atoms with Crippen LogP contribution in [0.4, 0.5) is 0 Å². The SMILES string of the molecule is O=C1CC[C@@]2(CCCN(CCN3CCCC3)C2)CN1Cc1ccccc1. The van der Waals surface area contributed by atoms with Crippen molar-refractivity contribution in [3.63, 3.8) is 0 Å². The van der Waals surface area contributed by atoms with Crippen molar-refractivity contribution in [2.45, 2.75) is 45.1 Å². The van der Waals surface area contributed by atoms with Gasteiger partial charge >= 0.3 is 0 Å².